The van der Waals surface area contributed by atoms with Gasteiger partial charge in [-0.2, -0.15) is 0 Å². The van der Waals surface area contributed by atoms with E-state index in [0.29, 0.717) is 0 Å². The number of hydrogen-bond donors (Lipinski definition) is 0. The zero-order chi connectivity index (χ0) is 11.4. The molecule has 82 valence electrons. The van der Waals surface area contributed by atoms with Gasteiger partial charge in [-0.3, -0.25) is 4.98 Å². The van der Waals surface area contributed by atoms with Gasteiger partial charge in [-0.05, 0) is 12.5 Å². The van der Waals surface area contributed by atoms with E-state index >= 15 is 0 Å². The number of aromatic nitrogens is 1. The van der Waals surface area contributed by atoms with Gasteiger partial charge in [0.2, 0.25) is 0 Å². The lowest BCUT2D eigenvalue weighted by atomic mass is 10.1. The van der Waals surface area contributed by atoms with Crippen LogP contribution in [0.4, 0.5) is 0 Å². The summed E-state index contributed by atoms with van der Waals surface area (Å²) in [7, 11) is 0. The fourth-order valence-electron chi connectivity index (χ4n) is 1.70. The van der Waals surface area contributed by atoms with E-state index in [4.69, 9.17) is 0 Å². The van der Waals surface area contributed by atoms with Crippen LogP contribution in [0.25, 0.3) is 17.0 Å². The standard InChI is InChI=1S/C14H14BrN/c1-2-11(10-15)9-13-6-3-5-12-7-4-8-16-14(12)13/h3-9H,2,10H2,1H3. The van der Waals surface area contributed by atoms with Crippen molar-refractivity contribution in [1.82, 2.24) is 4.98 Å². The minimum atomic E-state index is 0.923. The lowest BCUT2D eigenvalue weighted by Gasteiger charge is -2.03. The normalized spacial score (nSPS) is 12.0. The predicted octanol–water partition coefficient (Wildman–Crippen LogP) is 4.42. The van der Waals surface area contributed by atoms with E-state index in [-0.39, 0.29) is 0 Å². The van der Waals surface area contributed by atoms with Crippen molar-refractivity contribution in [1.29, 1.82) is 0 Å². The minimum absolute atomic E-state index is 0.923. The van der Waals surface area contributed by atoms with Gasteiger partial charge in [0.25, 0.3) is 0 Å². The molecule has 0 fully saturated rings. The van der Waals surface area contributed by atoms with Gasteiger partial charge >= 0.3 is 0 Å². The van der Waals surface area contributed by atoms with E-state index < -0.39 is 0 Å². The highest BCUT2D eigenvalue weighted by molar-refractivity contribution is 9.09. The predicted molar refractivity (Wildman–Crippen MR) is 73.8 cm³/mol. The Kier molecular flexibility index (Phi) is 3.73. The maximum atomic E-state index is 4.44. The Morgan fingerprint density at radius 1 is 1.31 bits per heavy atom. The number of rotatable bonds is 3. The molecule has 1 heterocycles. The van der Waals surface area contributed by atoms with E-state index in [1.807, 2.05) is 12.3 Å². The summed E-state index contributed by atoms with van der Waals surface area (Å²) in [5.74, 6) is 0. The number of benzene rings is 1. The maximum Gasteiger partial charge on any atom is 0.0774 e. The second-order valence-corrected chi connectivity index (χ2v) is 4.27. The Hall–Kier alpha value is -1.15. The van der Waals surface area contributed by atoms with Gasteiger partial charge in [-0.15, -0.1) is 0 Å². The number of allylic oxidation sites excluding steroid dienone is 1. The Morgan fingerprint density at radius 3 is 2.88 bits per heavy atom. The molecule has 0 saturated carbocycles. The van der Waals surface area contributed by atoms with E-state index in [0.717, 1.165) is 17.3 Å². The molecule has 1 aromatic heterocycles. The molecule has 0 aliphatic carbocycles. The fraction of sp³-hybridized carbons (Fsp3) is 0.214. The number of halogens is 1. The Labute approximate surface area is 104 Å². The molecular weight excluding hydrogens is 262 g/mol. The van der Waals surface area contributed by atoms with Crippen molar-refractivity contribution in [2.75, 3.05) is 5.33 Å². The molecule has 0 radical (unpaired) electrons. The molecule has 0 aliphatic rings. The van der Waals surface area contributed by atoms with Crippen LogP contribution in [-0.4, -0.2) is 10.3 Å². The van der Waals surface area contributed by atoms with Crippen molar-refractivity contribution >= 4 is 32.9 Å². The smallest absolute Gasteiger partial charge is 0.0774 e. The Bertz CT molecular complexity index is 506. The summed E-state index contributed by atoms with van der Waals surface area (Å²) in [6, 6.07) is 10.4. The summed E-state index contributed by atoms with van der Waals surface area (Å²) in [5, 5.41) is 2.12. The largest absolute Gasteiger partial charge is 0.256 e. The van der Waals surface area contributed by atoms with Crippen LogP contribution in [0.15, 0.2) is 42.1 Å². The lowest BCUT2D eigenvalue weighted by molar-refractivity contribution is 1.12. The molecular formula is C14H14BrN. The van der Waals surface area contributed by atoms with Gasteiger partial charge in [0.05, 0.1) is 5.52 Å². The lowest BCUT2D eigenvalue weighted by Crippen LogP contribution is -1.86. The molecule has 0 saturated heterocycles. The van der Waals surface area contributed by atoms with Crippen LogP contribution in [0, 0.1) is 0 Å². The summed E-state index contributed by atoms with van der Waals surface area (Å²) in [6.45, 7) is 2.17. The van der Waals surface area contributed by atoms with Gasteiger partial charge < -0.3 is 0 Å². The second kappa shape index (κ2) is 5.26. The minimum Gasteiger partial charge on any atom is -0.256 e. The number of nitrogens with zero attached hydrogens (tertiary/aromatic N) is 1. The van der Waals surface area contributed by atoms with E-state index in [2.05, 4.69) is 58.2 Å². The quantitative estimate of drug-likeness (QED) is 0.756. The summed E-state index contributed by atoms with van der Waals surface area (Å²) >= 11 is 3.51. The molecule has 0 N–H and O–H groups in total. The van der Waals surface area contributed by atoms with E-state index in [9.17, 15) is 0 Å². The average molecular weight is 276 g/mol. The molecule has 0 atom stereocenters. The van der Waals surface area contributed by atoms with Crippen molar-refractivity contribution in [3.63, 3.8) is 0 Å². The first-order valence-electron chi connectivity index (χ1n) is 5.44. The van der Waals surface area contributed by atoms with E-state index in [1.165, 1.54) is 16.5 Å². The first kappa shape index (κ1) is 11.3. The number of fused-ring (bicyclic) bond motifs is 1. The molecule has 0 spiro atoms. The molecule has 0 bridgehead atoms. The SMILES string of the molecule is CCC(=Cc1cccc2cccnc12)CBr. The van der Waals surface area contributed by atoms with Crippen LogP contribution in [0.3, 0.4) is 0 Å². The van der Waals surface area contributed by atoms with Crippen LogP contribution < -0.4 is 0 Å². The third-order valence-electron chi connectivity index (χ3n) is 2.65. The third kappa shape index (κ3) is 2.33. The second-order valence-electron chi connectivity index (χ2n) is 3.71. The molecule has 1 aromatic carbocycles. The number of hydrogen-bond acceptors (Lipinski definition) is 1. The molecule has 16 heavy (non-hydrogen) atoms. The summed E-state index contributed by atoms with van der Waals surface area (Å²) < 4.78 is 0. The average Bonchev–Trinajstić information content (AvgIpc) is 2.36. The van der Waals surface area contributed by atoms with E-state index in [1.54, 1.807) is 0 Å². The molecule has 0 aliphatic heterocycles. The van der Waals surface area contributed by atoms with Crippen LogP contribution in [-0.2, 0) is 0 Å². The highest BCUT2D eigenvalue weighted by Crippen LogP contribution is 2.20. The first-order valence-corrected chi connectivity index (χ1v) is 6.56. The molecule has 2 heteroatoms. The van der Waals surface area contributed by atoms with Crippen LogP contribution in [0.1, 0.15) is 18.9 Å². The van der Waals surface area contributed by atoms with Gasteiger partial charge in [0.1, 0.15) is 0 Å². The third-order valence-corrected chi connectivity index (χ3v) is 3.37. The van der Waals surface area contributed by atoms with Gasteiger partial charge in [0.15, 0.2) is 0 Å². The van der Waals surface area contributed by atoms with Gasteiger partial charge in [-0.25, -0.2) is 0 Å². The Balaban J connectivity index is 2.56. The van der Waals surface area contributed by atoms with Crippen molar-refractivity contribution in [3.8, 4) is 0 Å². The summed E-state index contributed by atoms with van der Waals surface area (Å²) in [6.07, 6.45) is 5.14. The van der Waals surface area contributed by atoms with Gasteiger partial charge in [0, 0.05) is 22.5 Å². The molecule has 1 nitrogen and oxygen atoms in total. The van der Waals surface area contributed by atoms with Crippen LogP contribution in [0.2, 0.25) is 0 Å². The van der Waals surface area contributed by atoms with Crippen molar-refractivity contribution in [2.24, 2.45) is 0 Å². The molecule has 2 aromatic rings. The molecule has 2 rings (SSSR count). The number of alkyl halides is 1. The maximum absolute atomic E-state index is 4.44. The van der Waals surface area contributed by atoms with Crippen LogP contribution >= 0.6 is 15.9 Å². The zero-order valence-electron chi connectivity index (χ0n) is 9.28. The molecule has 0 unspecified atom stereocenters. The van der Waals surface area contributed by atoms with Gasteiger partial charge in [-0.1, -0.05) is 58.8 Å². The monoisotopic (exact) mass is 275 g/mol. The molecule has 0 amide bonds. The zero-order valence-corrected chi connectivity index (χ0v) is 10.9. The van der Waals surface area contributed by atoms with Crippen molar-refractivity contribution in [2.45, 2.75) is 13.3 Å². The summed E-state index contributed by atoms with van der Waals surface area (Å²) in [4.78, 5) is 4.44. The number of pyridine rings is 1. The number of para-hydroxylation sites is 1. The van der Waals surface area contributed by atoms with Crippen LogP contribution in [0.5, 0.6) is 0 Å². The summed E-state index contributed by atoms with van der Waals surface area (Å²) in [5.41, 5.74) is 3.67. The first-order chi connectivity index (χ1) is 7.85. The highest BCUT2D eigenvalue weighted by Gasteiger charge is 2.00. The fourth-order valence-corrected chi connectivity index (χ4v) is 2.26. The van der Waals surface area contributed by atoms with Crippen molar-refractivity contribution in [3.05, 3.63) is 47.7 Å². The topological polar surface area (TPSA) is 12.9 Å². The van der Waals surface area contributed by atoms with Crippen molar-refractivity contribution < 1.29 is 0 Å². The highest BCUT2D eigenvalue weighted by atomic mass is 79.9. The Morgan fingerprint density at radius 2 is 2.12 bits per heavy atom.